The number of aromatic nitrogens is 2. The number of hydrogen-bond donors (Lipinski definition) is 0. The van der Waals surface area contributed by atoms with E-state index >= 15 is 0 Å². The molecule has 8 aromatic carbocycles. The van der Waals surface area contributed by atoms with E-state index in [-0.39, 0.29) is 64.0 Å². The Labute approximate surface area is 440 Å². The van der Waals surface area contributed by atoms with Crippen LogP contribution < -0.4 is 14.5 Å². The van der Waals surface area contributed by atoms with Crippen LogP contribution in [0.15, 0.2) is 194 Å². The third-order valence-electron chi connectivity index (χ3n) is 13.6. The summed E-state index contributed by atoms with van der Waals surface area (Å²) in [4.78, 5) is 9.01. The van der Waals surface area contributed by atoms with Crippen LogP contribution in [0.1, 0.15) is 98.3 Å². The summed E-state index contributed by atoms with van der Waals surface area (Å²) in [6.45, 7) is 16.8. The highest BCUT2D eigenvalue weighted by atomic mass is 16.5. The lowest BCUT2D eigenvalue weighted by molar-refractivity contribution is 0.483. The summed E-state index contributed by atoms with van der Waals surface area (Å²) in [5.74, 6) is 1.07. The number of aryl methyl sites for hydroxylation is 1. The molecule has 0 unspecified atom stereocenters. The zero-order chi connectivity index (χ0) is 58.7. The number of nitrogens with zero attached hydrogens (tertiary/aromatic N) is 4. The lowest BCUT2D eigenvalue weighted by atomic mass is 9.76. The first-order chi connectivity index (χ1) is 38.6. The topological polar surface area (TPSA) is 33.5 Å². The first kappa shape index (κ1) is 36.1. The Bertz CT molecular complexity index is 4200. The van der Waals surface area contributed by atoms with E-state index in [9.17, 15) is 4.11 Å². The van der Waals surface area contributed by atoms with Gasteiger partial charge in [-0.15, -0.1) is 0 Å². The molecule has 3 heterocycles. The minimum absolute atomic E-state index is 0.0207. The molecule has 11 rings (SSSR count). The van der Waals surface area contributed by atoms with Gasteiger partial charge in [-0.3, -0.25) is 4.57 Å². The van der Waals surface area contributed by atoms with E-state index in [1.165, 1.54) is 23.9 Å². The molecule has 5 heteroatoms. The summed E-state index contributed by atoms with van der Waals surface area (Å²) in [6.07, 6.45) is 1.38. The molecule has 0 N–H and O–H groups in total. The molecule has 358 valence electrons. The van der Waals surface area contributed by atoms with Crippen molar-refractivity contribution in [3.05, 3.63) is 216 Å². The number of fused-ring (bicyclic) bond motifs is 4. The van der Waals surface area contributed by atoms with Gasteiger partial charge in [0.2, 0.25) is 0 Å². The van der Waals surface area contributed by atoms with Crippen molar-refractivity contribution < 1.29 is 18.4 Å². The lowest BCUT2D eigenvalue weighted by Gasteiger charge is -2.31. The zero-order valence-electron chi connectivity index (χ0n) is 52.3. The molecule has 1 aliphatic rings. The number of hydrogen-bond acceptors (Lipinski definition) is 4. The van der Waals surface area contributed by atoms with E-state index in [1.807, 2.05) is 69.3 Å². The highest BCUT2D eigenvalue weighted by molar-refractivity contribution is 6.09. The molecule has 0 aliphatic carbocycles. The van der Waals surface area contributed by atoms with Crippen molar-refractivity contribution in [3.8, 4) is 50.7 Å². The van der Waals surface area contributed by atoms with Gasteiger partial charge in [0.05, 0.1) is 37.7 Å². The van der Waals surface area contributed by atoms with Crippen molar-refractivity contribution in [2.75, 3.05) is 16.5 Å². The molecule has 0 fully saturated rings. The Morgan fingerprint density at radius 2 is 1.24 bits per heavy atom. The highest BCUT2D eigenvalue weighted by Gasteiger charge is 2.33. The van der Waals surface area contributed by atoms with E-state index in [0.29, 0.717) is 45.8 Å². The third-order valence-corrected chi connectivity index (χ3v) is 13.6. The molecular formula is C67H64N4O. The maximum Gasteiger partial charge on any atom is 0.137 e. The minimum atomic E-state index is -2.46. The smallest absolute Gasteiger partial charge is 0.137 e. The molecular weight excluding hydrogens is 877 g/mol. The predicted molar refractivity (Wildman–Crippen MR) is 304 cm³/mol. The summed E-state index contributed by atoms with van der Waals surface area (Å²) in [7, 11) is 0. The van der Waals surface area contributed by atoms with Crippen LogP contribution in [0.25, 0.3) is 61.0 Å². The third kappa shape index (κ3) is 8.61. The largest absolute Gasteiger partial charge is 0.457 e. The van der Waals surface area contributed by atoms with Crippen molar-refractivity contribution in [2.45, 2.75) is 85.4 Å². The average molecular weight is 951 g/mol. The summed E-state index contributed by atoms with van der Waals surface area (Å²) in [5, 5.41) is 0.780. The summed E-state index contributed by atoms with van der Waals surface area (Å²) in [5.41, 5.74) is 10.8. The Morgan fingerprint density at radius 1 is 0.528 bits per heavy atom. The SMILES string of the molecule is [2H]c1c([2H])c(C(C)(C)C)c([2H])c(C(C)(C)C)c1-c1cccc(-c2ccc(-c3cccc(C(C)(C)C)c3)cc2)c1N1CN(c2cccc(Oc3ccc4c5c([2H])c([2H])c([2H])c([2H])c5n(-c5cc(C([2H])([2H])[2H])ccn5)c4c3)c2)c2ccccc21. The standard InChI is InChI=1S/C67H64N4O/c1-44-36-37-68-63(38-44)71-59-25-12-11-22-55(59)56-35-33-52(42-62(56)71)72-51-21-16-20-50(41-51)69-43-70(61-27-14-13-26-60(61)69)64-53(46-30-28-45(29-31-46)47-18-15-19-48(39-47)65(2,3)4)23-17-24-57(64)54-34-32-49(66(5,6)7)40-58(54)67(8,9)10/h11-42H,43H2,1-10H3/i1D3,11D,12D,22D,25D,32D,34D,40D. The maximum absolute atomic E-state index is 9.96. The van der Waals surface area contributed by atoms with Crippen LogP contribution in [-0.2, 0) is 16.2 Å². The monoisotopic (exact) mass is 951 g/mol. The van der Waals surface area contributed by atoms with E-state index in [2.05, 4.69) is 123 Å². The van der Waals surface area contributed by atoms with Gasteiger partial charge in [0, 0.05) is 50.0 Å². The van der Waals surface area contributed by atoms with Crippen LogP contribution in [0.5, 0.6) is 11.5 Å². The molecule has 72 heavy (non-hydrogen) atoms. The Hall–Kier alpha value is -7.89. The Morgan fingerprint density at radius 3 is 2.00 bits per heavy atom. The maximum atomic E-state index is 9.96. The van der Waals surface area contributed by atoms with Gasteiger partial charge in [0.15, 0.2) is 0 Å². The van der Waals surface area contributed by atoms with Crippen LogP contribution in [0.4, 0.5) is 22.7 Å². The number of rotatable bonds is 8. The van der Waals surface area contributed by atoms with Gasteiger partial charge in [-0.2, -0.15) is 0 Å². The van der Waals surface area contributed by atoms with Gasteiger partial charge in [0.25, 0.3) is 0 Å². The van der Waals surface area contributed by atoms with Crippen LogP contribution in [0.3, 0.4) is 0 Å². The molecule has 0 atom stereocenters. The lowest BCUT2D eigenvalue weighted by Crippen LogP contribution is -2.25. The van der Waals surface area contributed by atoms with Gasteiger partial charge >= 0.3 is 0 Å². The second-order valence-electron chi connectivity index (χ2n) is 21.8. The van der Waals surface area contributed by atoms with Crippen LogP contribution in [-0.4, -0.2) is 16.2 Å². The number of para-hydroxylation sites is 4. The van der Waals surface area contributed by atoms with Crippen molar-refractivity contribution in [2.24, 2.45) is 0 Å². The predicted octanol–water partition coefficient (Wildman–Crippen LogP) is 18.4. The van der Waals surface area contributed by atoms with Gasteiger partial charge in [0.1, 0.15) is 24.0 Å². The molecule has 2 aromatic heterocycles. The first-order valence-electron chi connectivity index (χ1n) is 29.6. The van der Waals surface area contributed by atoms with Crippen molar-refractivity contribution in [1.29, 1.82) is 0 Å². The van der Waals surface area contributed by atoms with E-state index in [4.69, 9.17) is 14.3 Å². The van der Waals surface area contributed by atoms with Crippen LogP contribution in [0.2, 0.25) is 0 Å². The first-order valence-corrected chi connectivity index (χ1v) is 24.6. The van der Waals surface area contributed by atoms with Crippen molar-refractivity contribution >= 4 is 44.6 Å². The van der Waals surface area contributed by atoms with E-state index in [0.717, 1.165) is 50.6 Å². The van der Waals surface area contributed by atoms with Crippen molar-refractivity contribution in [1.82, 2.24) is 9.55 Å². The molecule has 10 aromatic rings. The Kier molecular flexibility index (Phi) is 8.90. The fraction of sp³-hybridized carbons (Fsp3) is 0.209. The van der Waals surface area contributed by atoms with Gasteiger partial charge in [-0.25, -0.2) is 4.98 Å². The summed E-state index contributed by atoms with van der Waals surface area (Å²) in [6, 6.07) is 46.6. The fourth-order valence-electron chi connectivity index (χ4n) is 9.84. The molecule has 0 saturated carbocycles. The molecule has 0 radical (unpaired) electrons. The van der Waals surface area contributed by atoms with Crippen LogP contribution in [0, 0.1) is 6.85 Å². The second kappa shape index (κ2) is 17.8. The molecule has 0 spiro atoms. The van der Waals surface area contributed by atoms with Crippen LogP contribution >= 0.6 is 0 Å². The summed E-state index contributed by atoms with van der Waals surface area (Å²) < 4.78 is 97.2. The number of benzene rings is 8. The van der Waals surface area contributed by atoms with Gasteiger partial charge < -0.3 is 14.5 Å². The van der Waals surface area contributed by atoms with E-state index in [1.54, 1.807) is 22.8 Å². The molecule has 0 amide bonds. The number of anilines is 4. The second-order valence-corrected chi connectivity index (χ2v) is 21.8. The molecule has 1 aliphatic heterocycles. The Balaban J connectivity index is 1.05. The van der Waals surface area contributed by atoms with Gasteiger partial charge in [-0.05, 0) is 122 Å². The quantitative estimate of drug-likeness (QED) is 0.152. The normalized spacial score (nSPS) is 15.2. The summed E-state index contributed by atoms with van der Waals surface area (Å²) >= 11 is 0. The fourth-order valence-corrected chi connectivity index (χ4v) is 9.84. The minimum Gasteiger partial charge on any atom is -0.457 e. The number of pyridine rings is 1. The van der Waals surface area contributed by atoms with Gasteiger partial charge in [-0.1, -0.05) is 183 Å². The van der Waals surface area contributed by atoms with E-state index < -0.39 is 23.7 Å². The molecule has 5 nitrogen and oxygen atoms in total. The zero-order valence-corrected chi connectivity index (χ0v) is 42.3. The molecule has 0 bridgehead atoms. The average Bonchev–Trinajstić information content (AvgIpc) is 3.01. The number of ether oxygens (including phenoxy) is 1. The molecule has 0 saturated heterocycles. The van der Waals surface area contributed by atoms with Crippen molar-refractivity contribution in [3.63, 3.8) is 0 Å². The highest BCUT2D eigenvalue weighted by Crippen LogP contribution is 2.52.